The van der Waals surface area contributed by atoms with E-state index in [1.807, 2.05) is 0 Å². The Kier molecular flexibility index (Phi) is 3.99. The van der Waals surface area contributed by atoms with Crippen molar-refractivity contribution in [3.63, 3.8) is 0 Å². The molecule has 1 aromatic rings. The summed E-state index contributed by atoms with van der Waals surface area (Å²) < 4.78 is 44.2. The Morgan fingerprint density at radius 1 is 1.29 bits per heavy atom. The van der Waals surface area contributed by atoms with E-state index >= 15 is 0 Å². The third-order valence-electron chi connectivity index (χ3n) is 2.99. The number of fused-ring (bicyclic) bond motifs is 1. The van der Waals surface area contributed by atoms with E-state index in [4.69, 9.17) is 4.74 Å². The van der Waals surface area contributed by atoms with Crippen LogP contribution >= 0.6 is 15.9 Å². The van der Waals surface area contributed by atoms with Crippen molar-refractivity contribution < 1.29 is 22.7 Å². The Morgan fingerprint density at radius 3 is 2.43 bits per heavy atom. The second-order valence-corrected chi connectivity index (χ2v) is 6.69. The van der Waals surface area contributed by atoms with Crippen LogP contribution in [0.5, 0.6) is 0 Å². The summed E-state index contributed by atoms with van der Waals surface area (Å²) in [4.78, 5) is 13.4. The molecule has 0 atom stereocenters. The fourth-order valence-electron chi connectivity index (χ4n) is 2.12. The monoisotopic (exact) mass is 365 g/mol. The minimum Gasteiger partial charge on any atom is -0.443 e. The summed E-state index contributed by atoms with van der Waals surface area (Å²) in [5.41, 5.74) is -0.540. The standard InChI is InChI=1S/C14H15BrF3NO2/c1-13(2,3)21-12(20)19-5-4-9-10(15)6-8(7-11(9)19)14(16,17)18/h6-7H,4-5H2,1-3H3. The van der Waals surface area contributed by atoms with Gasteiger partial charge in [0.2, 0.25) is 0 Å². The number of ether oxygens (including phenoxy) is 1. The van der Waals surface area contributed by atoms with Crippen LogP contribution in [0.25, 0.3) is 0 Å². The zero-order valence-corrected chi connectivity index (χ0v) is 13.4. The van der Waals surface area contributed by atoms with Gasteiger partial charge in [0.05, 0.1) is 11.3 Å². The molecule has 0 radical (unpaired) electrons. The number of rotatable bonds is 0. The minimum absolute atomic E-state index is 0.256. The molecule has 1 aliphatic rings. The van der Waals surface area contributed by atoms with Crippen molar-refractivity contribution in [3.05, 3.63) is 27.7 Å². The van der Waals surface area contributed by atoms with Crippen molar-refractivity contribution in [1.29, 1.82) is 0 Å². The Labute approximate surface area is 129 Å². The average Bonchev–Trinajstić information content (AvgIpc) is 2.69. The number of hydrogen-bond donors (Lipinski definition) is 0. The van der Waals surface area contributed by atoms with E-state index < -0.39 is 23.4 Å². The third-order valence-corrected chi connectivity index (χ3v) is 3.70. The maximum absolute atomic E-state index is 12.9. The Morgan fingerprint density at radius 2 is 1.90 bits per heavy atom. The molecule has 3 nitrogen and oxygen atoms in total. The fourth-order valence-corrected chi connectivity index (χ4v) is 2.77. The molecule has 0 saturated heterocycles. The van der Waals surface area contributed by atoms with Crippen LogP contribution in [0.15, 0.2) is 16.6 Å². The summed E-state index contributed by atoms with van der Waals surface area (Å²) in [6.07, 6.45) is -4.60. The molecule has 0 N–H and O–H groups in total. The zero-order chi connectivity index (χ0) is 16.0. The van der Waals surface area contributed by atoms with Gasteiger partial charge in [-0.05, 0) is 44.9 Å². The van der Waals surface area contributed by atoms with E-state index in [1.165, 1.54) is 4.90 Å². The predicted octanol–water partition coefficient (Wildman–Crippen LogP) is 4.77. The average molecular weight is 366 g/mol. The van der Waals surface area contributed by atoms with E-state index in [9.17, 15) is 18.0 Å². The lowest BCUT2D eigenvalue weighted by Crippen LogP contribution is -2.35. The van der Waals surface area contributed by atoms with Crippen molar-refractivity contribution in [2.45, 2.75) is 39.0 Å². The smallest absolute Gasteiger partial charge is 0.416 e. The Bertz CT molecular complexity index is 579. The summed E-state index contributed by atoms with van der Waals surface area (Å²) in [6, 6.07) is 2.04. The summed E-state index contributed by atoms with van der Waals surface area (Å²) in [5, 5.41) is 0. The van der Waals surface area contributed by atoms with E-state index in [0.717, 1.165) is 12.1 Å². The first kappa shape index (κ1) is 16.1. The van der Waals surface area contributed by atoms with Crippen molar-refractivity contribution >= 4 is 27.7 Å². The first-order valence-electron chi connectivity index (χ1n) is 6.39. The highest BCUT2D eigenvalue weighted by Crippen LogP contribution is 2.40. The number of anilines is 1. The van der Waals surface area contributed by atoms with Crippen molar-refractivity contribution in [2.24, 2.45) is 0 Å². The molecule has 0 saturated carbocycles. The minimum atomic E-state index is -4.46. The molecule has 0 spiro atoms. The molecule has 1 aromatic carbocycles. The van der Waals surface area contributed by atoms with Crippen LogP contribution in [0.4, 0.5) is 23.7 Å². The zero-order valence-electron chi connectivity index (χ0n) is 11.8. The van der Waals surface area contributed by atoms with E-state index in [1.54, 1.807) is 20.8 Å². The number of hydrogen-bond acceptors (Lipinski definition) is 2. The molecular formula is C14H15BrF3NO2. The summed E-state index contributed by atoms with van der Waals surface area (Å²) in [7, 11) is 0. The van der Waals surface area contributed by atoms with Crippen LogP contribution in [-0.2, 0) is 17.3 Å². The molecule has 0 aromatic heterocycles. The third kappa shape index (κ3) is 3.51. The maximum atomic E-state index is 12.9. The highest BCUT2D eigenvalue weighted by molar-refractivity contribution is 9.10. The lowest BCUT2D eigenvalue weighted by molar-refractivity contribution is -0.137. The van der Waals surface area contributed by atoms with Gasteiger partial charge in [0.25, 0.3) is 0 Å². The van der Waals surface area contributed by atoms with Crippen LogP contribution in [0.3, 0.4) is 0 Å². The van der Waals surface area contributed by atoms with Crippen LogP contribution < -0.4 is 4.90 Å². The van der Waals surface area contributed by atoms with Gasteiger partial charge in [0.1, 0.15) is 5.60 Å². The number of halogens is 4. The van der Waals surface area contributed by atoms with Crippen LogP contribution in [0.2, 0.25) is 0 Å². The number of carbonyl (C=O) groups is 1. The molecule has 0 bridgehead atoms. The van der Waals surface area contributed by atoms with Crippen molar-refractivity contribution in [3.8, 4) is 0 Å². The predicted molar refractivity (Wildman–Crippen MR) is 76.4 cm³/mol. The van der Waals surface area contributed by atoms with Gasteiger partial charge in [-0.25, -0.2) is 4.79 Å². The van der Waals surface area contributed by atoms with Gasteiger partial charge in [-0.15, -0.1) is 0 Å². The quantitative estimate of drug-likeness (QED) is 0.662. The molecule has 116 valence electrons. The molecule has 1 aliphatic heterocycles. The second kappa shape index (κ2) is 5.19. The van der Waals surface area contributed by atoms with Crippen molar-refractivity contribution in [1.82, 2.24) is 0 Å². The lowest BCUT2D eigenvalue weighted by Gasteiger charge is -2.25. The first-order chi connectivity index (χ1) is 9.49. The van der Waals surface area contributed by atoms with Crippen LogP contribution in [0.1, 0.15) is 31.9 Å². The molecule has 0 aliphatic carbocycles. The van der Waals surface area contributed by atoms with E-state index in [0.29, 0.717) is 23.0 Å². The summed E-state index contributed by atoms with van der Waals surface area (Å²) in [5.74, 6) is 0. The molecule has 0 unspecified atom stereocenters. The Balaban J connectivity index is 2.39. The van der Waals surface area contributed by atoms with E-state index in [-0.39, 0.29) is 5.69 Å². The number of alkyl halides is 3. The van der Waals surface area contributed by atoms with Gasteiger partial charge >= 0.3 is 12.3 Å². The number of nitrogens with zero attached hydrogens (tertiary/aromatic N) is 1. The molecule has 7 heteroatoms. The highest BCUT2D eigenvalue weighted by Gasteiger charge is 2.36. The van der Waals surface area contributed by atoms with Gasteiger partial charge in [-0.2, -0.15) is 13.2 Å². The topological polar surface area (TPSA) is 29.5 Å². The van der Waals surface area contributed by atoms with Gasteiger partial charge in [0, 0.05) is 11.0 Å². The molecule has 0 fully saturated rings. The molecular weight excluding hydrogens is 351 g/mol. The number of amides is 1. The summed E-state index contributed by atoms with van der Waals surface area (Å²) in [6.45, 7) is 5.45. The van der Waals surface area contributed by atoms with Crippen molar-refractivity contribution in [2.75, 3.05) is 11.4 Å². The normalized spacial score (nSPS) is 15.1. The largest absolute Gasteiger partial charge is 0.443 e. The Hall–Kier alpha value is -1.24. The second-order valence-electron chi connectivity index (χ2n) is 5.84. The number of carbonyl (C=O) groups excluding carboxylic acids is 1. The molecule has 1 amide bonds. The highest BCUT2D eigenvalue weighted by atomic mass is 79.9. The maximum Gasteiger partial charge on any atom is 0.416 e. The van der Waals surface area contributed by atoms with Crippen LogP contribution in [-0.4, -0.2) is 18.2 Å². The molecule has 21 heavy (non-hydrogen) atoms. The SMILES string of the molecule is CC(C)(C)OC(=O)N1CCc2c(Br)cc(C(F)(F)F)cc21. The summed E-state index contributed by atoms with van der Waals surface area (Å²) >= 11 is 3.15. The first-order valence-corrected chi connectivity index (χ1v) is 7.18. The lowest BCUT2D eigenvalue weighted by atomic mass is 10.1. The fraction of sp³-hybridized carbons (Fsp3) is 0.500. The number of benzene rings is 1. The van der Waals surface area contributed by atoms with Crippen LogP contribution in [0, 0.1) is 0 Å². The van der Waals surface area contributed by atoms with Gasteiger partial charge in [0.15, 0.2) is 0 Å². The van der Waals surface area contributed by atoms with Gasteiger partial charge in [-0.1, -0.05) is 15.9 Å². The van der Waals surface area contributed by atoms with E-state index in [2.05, 4.69) is 15.9 Å². The molecule has 1 heterocycles. The van der Waals surface area contributed by atoms with Gasteiger partial charge in [-0.3, -0.25) is 4.90 Å². The molecule has 2 rings (SSSR count). The van der Waals surface area contributed by atoms with Gasteiger partial charge < -0.3 is 4.74 Å².